The van der Waals surface area contributed by atoms with Gasteiger partial charge in [0.15, 0.2) is 0 Å². The summed E-state index contributed by atoms with van der Waals surface area (Å²) in [5.74, 6) is 0. The summed E-state index contributed by atoms with van der Waals surface area (Å²) in [7, 11) is 0. The standard InChI is InChI=1S/C11H10N4O2/c16-10-3-4-15(14-10)8-1-2-9-7(5-8)6-12-11(17)13-9/h1-5H,6H2,(H,14,16)(H2,12,13,17). The predicted molar refractivity (Wildman–Crippen MR) is 62.2 cm³/mol. The summed E-state index contributed by atoms with van der Waals surface area (Å²) in [6.45, 7) is 0.487. The average Bonchev–Trinajstić information content (AvgIpc) is 2.75. The van der Waals surface area contributed by atoms with Gasteiger partial charge < -0.3 is 10.6 Å². The van der Waals surface area contributed by atoms with E-state index in [4.69, 9.17) is 0 Å². The average molecular weight is 230 g/mol. The first kappa shape index (κ1) is 9.71. The number of urea groups is 1. The Hall–Kier alpha value is -2.50. The second-order valence-corrected chi connectivity index (χ2v) is 3.81. The summed E-state index contributed by atoms with van der Waals surface area (Å²) in [5.41, 5.74) is 2.49. The number of hydrogen-bond donors (Lipinski definition) is 3. The van der Waals surface area contributed by atoms with Crippen molar-refractivity contribution in [2.45, 2.75) is 6.54 Å². The highest BCUT2D eigenvalue weighted by atomic mass is 16.2. The number of nitrogens with one attached hydrogen (secondary N) is 3. The van der Waals surface area contributed by atoms with E-state index in [0.717, 1.165) is 16.9 Å². The van der Waals surface area contributed by atoms with Crippen LogP contribution in [0.2, 0.25) is 0 Å². The largest absolute Gasteiger partial charge is 0.334 e. The second-order valence-electron chi connectivity index (χ2n) is 3.81. The minimum atomic E-state index is -0.195. The van der Waals surface area contributed by atoms with E-state index < -0.39 is 0 Å². The number of nitrogens with zero attached hydrogens (tertiary/aromatic N) is 1. The number of aromatic nitrogens is 2. The highest BCUT2D eigenvalue weighted by molar-refractivity contribution is 5.92. The number of carbonyl (C=O) groups excluding carboxylic acids is 1. The third-order valence-electron chi connectivity index (χ3n) is 2.66. The van der Waals surface area contributed by atoms with Gasteiger partial charge in [-0.1, -0.05) is 0 Å². The normalized spacial score (nSPS) is 13.8. The van der Waals surface area contributed by atoms with Crippen LogP contribution in [0.3, 0.4) is 0 Å². The monoisotopic (exact) mass is 230 g/mol. The van der Waals surface area contributed by atoms with E-state index in [2.05, 4.69) is 15.7 Å². The molecule has 0 fully saturated rings. The van der Waals surface area contributed by atoms with E-state index in [1.165, 1.54) is 6.07 Å². The van der Waals surface area contributed by atoms with Crippen LogP contribution in [0.15, 0.2) is 35.3 Å². The van der Waals surface area contributed by atoms with Crippen molar-refractivity contribution in [2.24, 2.45) is 0 Å². The molecule has 2 heterocycles. The molecule has 0 radical (unpaired) electrons. The Morgan fingerprint density at radius 1 is 1.18 bits per heavy atom. The molecule has 0 saturated carbocycles. The van der Waals surface area contributed by atoms with E-state index in [0.29, 0.717) is 6.54 Å². The first-order valence-electron chi connectivity index (χ1n) is 5.18. The van der Waals surface area contributed by atoms with Crippen molar-refractivity contribution in [3.05, 3.63) is 46.4 Å². The van der Waals surface area contributed by atoms with E-state index >= 15 is 0 Å². The number of fused-ring (bicyclic) bond motifs is 1. The van der Waals surface area contributed by atoms with Crippen molar-refractivity contribution >= 4 is 11.7 Å². The molecule has 1 aromatic heterocycles. The zero-order valence-corrected chi connectivity index (χ0v) is 8.86. The summed E-state index contributed by atoms with van der Waals surface area (Å²) in [6, 6.07) is 6.83. The topological polar surface area (TPSA) is 78.9 Å². The first-order valence-corrected chi connectivity index (χ1v) is 5.18. The Morgan fingerprint density at radius 3 is 2.82 bits per heavy atom. The lowest BCUT2D eigenvalue weighted by atomic mass is 10.1. The predicted octanol–water partition coefficient (Wildman–Crippen LogP) is 0.801. The number of benzene rings is 1. The number of amides is 2. The fourth-order valence-electron chi connectivity index (χ4n) is 1.83. The number of anilines is 1. The van der Waals surface area contributed by atoms with Gasteiger partial charge in [0.2, 0.25) is 0 Å². The summed E-state index contributed by atoms with van der Waals surface area (Å²) in [5, 5.41) is 8.06. The first-order chi connectivity index (χ1) is 8.22. The fraction of sp³-hybridized carbons (Fsp3) is 0.0909. The highest BCUT2D eigenvalue weighted by Crippen LogP contribution is 2.21. The van der Waals surface area contributed by atoms with Gasteiger partial charge >= 0.3 is 6.03 Å². The van der Waals surface area contributed by atoms with Crippen molar-refractivity contribution in [1.29, 1.82) is 0 Å². The Balaban J connectivity index is 2.04. The van der Waals surface area contributed by atoms with Crippen molar-refractivity contribution in [1.82, 2.24) is 15.1 Å². The van der Waals surface area contributed by atoms with Gasteiger partial charge in [-0.3, -0.25) is 14.6 Å². The summed E-state index contributed by atoms with van der Waals surface area (Å²) < 4.78 is 1.64. The van der Waals surface area contributed by atoms with E-state index in [9.17, 15) is 9.59 Å². The van der Waals surface area contributed by atoms with Crippen molar-refractivity contribution < 1.29 is 4.79 Å². The van der Waals surface area contributed by atoms with Crippen molar-refractivity contribution in [2.75, 3.05) is 5.32 Å². The van der Waals surface area contributed by atoms with Crippen LogP contribution in [0.5, 0.6) is 0 Å². The smallest absolute Gasteiger partial charge is 0.319 e. The molecule has 17 heavy (non-hydrogen) atoms. The zero-order valence-electron chi connectivity index (χ0n) is 8.86. The molecule has 6 nitrogen and oxygen atoms in total. The molecule has 3 rings (SSSR count). The molecule has 3 N–H and O–H groups in total. The SMILES string of the molecule is O=C1NCc2cc(-n3ccc(=O)[nH]3)ccc2N1. The van der Waals surface area contributed by atoms with Gasteiger partial charge in [0, 0.05) is 24.5 Å². The fourth-order valence-corrected chi connectivity index (χ4v) is 1.83. The van der Waals surface area contributed by atoms with Crippen LogP contribution >= 0.6 is 0 Å². The lowest BCUT2D eigenvalue weighted by Gasteiger charge is -2.18. The Morgan fingerprint density at radius 2 is 2.06 bits per heavy atom. The second kappa shape index (κ2) is 3.51. The van der Waals surface area contributed by atoms with E-state index in [-0.39, 0.29) is 11.6 Å². The maximum Gasteiger partial charge on any atom is 0.319 e. The molecule has 2 amide bonds. The molecular formula is C11H10N4O2. The van der Waals surface area contributed by atoms with Gasteiger partial charge in [0.05, 0.1) is 5.69 Å². The molecule has 0 atom stereocenters. The van der Waals surface area contributed by atoms with Gasteiger partial charge in [-0.15, -0.1) is 0 Å². The molecule has 0 spiro atoms. The van der Waals surface area contributed by atoms with E-state index in [1.54, 1.807) is 10.9 Å². The van der Waals surface area contributed by atoms with E-state index in [1.807, 2.05) is 18.2 Å². The quantitative estimate of drug-likeness (QED) is 0.677. The zero-order chi connectivity index (χ0) is 11.8. The minimum absolute atomic E-state index is 0.144. The van der Waals surface area contributed by atoms with Crippen LogP contribution in [0.1, 0.15) is 5.56 Å². The Labute approximate surface area is 96.2 Å². The van der Waals surface area contributed by atoms with Gasteiger partial charge in [0.1, 0.15) is 0 Å². The number of H-pyrrole nitrogens is 1. The minimum Gasteiger partial charge on any atom is -0.334 e. The third-order valence-corrected chi connectivity index (χ3v) is 2.66. The summed E-state index contributed by atoms with van der Waals surface area (Å²) in [4.78, 5) is 22.2. The summed E-state index contributed by atoms with van der Waals surface area (Å²) >= 11 is 0. The highest BCUT2D eigenvalue weighted by Gasteiger charge is 2.13. The van der Waals surface area contributed by atoms with Crippen LogP contribution < -0.4 is 16.2 Å². The van der Waals surface area contributed by atoms with Gasteiger partial charge in [-0.05, 0) is 23.8 Å². The van der Waals surface area contributed by atoms with Crippen molar-refractivity contribution in [3.63, 3.8) is 0 Å². The third kappa shape index (κ3) is 1.69. The van der Waals surface area contributed by atoms with Crippen LogP contribution in [-0.2, 0) is 6.54 Å². The maximum atomic E-state index is 11.1. The Bertz CT molecular complexity index is 641. The number of aromatic amines is 1. The van der Waals surface area contributed by atoms with Gasteiger partial charge in [-0.2, -0.15) is 0 Å². The molecule has 1 aromatic carbocycles. The van der Waals surface area contributed by atoms with Crippen LogP contribution in [0.4, 0.5) is 10.5 Å². The van der Waals surface area contributed by atoms with Gasteiger partial charge in [-0.25, -0.2) is 4.79 Å². The Kier molecular flexibility index (Phi) is 2.01. The lowest BCUT2D eigenvalue weighted by molar-refractivity contribution is 0.251. The molecule has 86 valence electrons. The molecule has 0 aliphatic carbocycles. The maximum absolute atomic E-state index is 11.1. The van der Waals surface area contributed by atoms with Crippen molar-refractivity contribution in [3.8, 4) is 5.69 Å². The molecule has 2 aromatic rings. The van der Waals surface area contributed by atoms with Crippen LogP contribution in [0.25, 0.3) is 5.69 Å². The molecule has 1 aliphatic rings. The molecule has 0 unspecified atom stereocenters. The molecule has 1 aliphatic heterocycles. The molecule has 6 heteroatoms. The summed E-state index contributed by atoms with van der Waals surface area (Å²) in [6.07, 6.45) is 1.67. The van der Waals surface area contributed by atoms with Gasteiger partial charge in [0.25, 0.3) is 5.56 Å². The molecular weight excluding hydrogens is 220 g/mol. The number of carbonyl (C=O) groups is 1. The lowest BCUT2D eigenvalue weighted by Crippen LogP contribution is -2.33. The van der Waals surface area contributed by atoms with Crippen LogP contribution in [0, 0.1) is 0 Å². The number of hydrogen-bond acceptors (Lipinski definition) is 2. The molecule has 0 saturated heterocycles. The number of rotatable bonds is 1. The molecule has 0 bridgehead atoms. The van der Waals surface area contributed by atoms with Crippen LogP contribution in [-0.4, -0.2) is 15.8 Å².